The number of nitrogens with zero attached hydrogens (tertiary/aromatic N) is 1. The SMILES string of the molecule is Cc1ccc(-c2ccc([C@@H]3[C@@H](CC[C@H](O[Si](C)(C)C(C)(C)C)c4ccc(F)cc4)C(=O)N3c3ccccc3)c(OCc3ccccc3)c2)cc1. The predicted octanol–water partition coefficient (Wildman–Crippen LogP) is 11.6. The van der Waals surface area contributed by atoms with Crippen LogP contribution in [0.3, 0.4) is 0 Å². The van der Waals surface area contributed by atoms with Gasteiger partial charge >= 0.3 is 0 Å². The van der Waals surface area contributed by atoms with E-state index in [4.69, 9.17) is 9.16 Å². The van der Waals surface area contributed by atoms with Gasteiger partial charge in [0.1, 0.15) is 18.2 Å². The summed E-state index contributed by atoms with van der Waals surface area (Å²) >= 11 is 0. The van der Waals surface area contributed by atoms with E-state index in [1.165, 1.54) is 17.7 Å². The van der Waals surface area contributed by atoms with E-state index in [1.54, 1.807) is 0 Å². The van der Waals surface area contributed by atoms with Crippen molar-refractivity contribution in [2.24, 2.45) is 5.92 Å². The van der Waals surface area contributed by atoms with Crippen molar-refractivity contribution < 1.29 is 18.3 Å². The van der Waals surface area contributed by atoms with Crippen LogP contribution >= 0.6 is 0 Å². The first kappa shape index (κ1) is 35.3. The van der Waals surface area contributed by atoms with Gasteiger partial charge in [0.25, 0.3) is 0 Å². The minimum Gasteiger partial charge on any atom is -0.489 e. The zero-order chi connectivity index (χ0) is 35.5. The summed E-state index contributed by atoms with van der Waals surface area (Å²) in [6.07, 6.45) is 0.991. The molecule has 3 atom stereocenters. The first-order valence-electron chi connectivity index (χ1n) is 17.6. The van der Waals surface area contributed by atoms with E-state index in [0.717, 1.165) is 39.3 Å². The van der Waals surface area contributed by atoms with Crippen LogP contribution in [0, 0.1) is 18.7 Å². The topological polar surface area (TPSA) is 38.8 Å². The lowest BCUT2D eigenvalue weighted by Crippen LogP contribution is -2.55. The molecule has 1 heterocycles. The largest absolute Gasteiger partial charge is 0.489 e. The Labute approximate surface area is 298 Å². The monoisotopic (exact) mass is 685 g/mol. The summed E-state index contributed by atoms with van der Waals surface area (Å²) in [6, 6.07) is 41.4. The quantitative estimate of drug-likeness (QED) is 0.0969. The number of rotatable bonds is 12. The van der Waals surface area contributed by atoms with E-state index < -0.39 is 8.32 Å². The van der Waals surface area contributed by atoms with Crippen molar-refractivity contribution in [1.29, 1.82) is 0 Å². The summed E-state index contributed by atoms with van der Waals surface area (Å²) in [6.45, 7) is 13.7. The molecular formula is C44H48FNO3Si. The lowest BCUT2D eigenvalue weighted by atomic mass is 9.77. The summed E-state index contributed by atoms with van der Waals surface area (Å²) in [7, 11) is -2.20. The Bertz CT molecular complexity index is 1890. The molecule has 5 aromatic rings. The van der Waals surface area contributed by atoms with E-state index in [0.29, 0.717) is 19.4 Å². The third kappa shape index (κ3) is 7.77. The second kappa shape index (κ2) is 14.8. The highest BCUT2D eigenvalue weighted by molar-refractivity contribution is 6.74. The zero-order valence-electron chi connectivity index (χ0n) is 30.0. The zero-order valence-corrected chi connectivity index (χ0v) is 31.0. The van der Waals surface area contributed by atoms with Crippen molar-refractivity contribution in [1.82, 2.24) is 0 Å². The van der Waals surface area contributed by atoms with Crippen LogP contribution in [0.4, 0.5) is 10.1 Å². The number of hydrogen-bond acceptors (Lipinski definition) is 3. The molecule has 0 aliphatic carbocycles. The second-order valence-corrected chi connectivity index (χ2v) is 19.7. The van der Waals surface area contributed by atoms with E-state index in [-0.39, 0.29) is 34.8 Å². The minimum absolute atomic E-state index is 0.00555. The number of aryl methyl sites for hydroxylation is 1. The Morgan fingerprint density at radius 1 is 0.800 bits per heavy atom. The van der Waals surface area contributed by atoms with Crippen LogP contribution in [0.5, 0.6) is 5.75 Å². The number of carbonyl (C=O) groups excluding carboxylic acids is 1. The van der Waals surface area contributed by atoms with Crippen molar-refractivity contribution in [3.63, 3.8) is 0 Å². The summed E-state index contributed by atoms with van der Waals surface area (Å²) in [5, 5.41) is -0.00555. The molecule has 1 aliphatic heterocycles. The normalized spacial score (nSPS) is 16.9. The van der Waals surface area contributed by atoms with E-state index in [2.05, 4.69) is 95.4 Å². The summed E-state index contributed by atoms with van der Waals surface area (Å²) in [4.78, 5) is 16.1. The van der Waals surface area contributed by atoms with Crippen molar-refractivity contribution in [2.75, 3.05) is 4.90 Å². The molecule has 0 N–H and O–H groups in total. The highest BCUT2D eigenvalue weighted by Gasteiger charge is 2.50. The van der Waals surface area contributed by atoms with Gasteiger partial charge in [0, 0.05) is 11.3 Å². The molecule has 1 saturated heterocycles. The average molecular weight is 686 g/mol. The van der Waals surface area contributed by atoms with Crippen LogP contribution in [-0.2, 0) is 15.8 Å². The van der Waals surface area contributed by atoms with Gasteiger partial charge < -0.3 is 14.1 Å². The summed E-state index contributed by atoms with van der Waals surface area (Å²) in [5.74, 6) is 0.293. The molecule has 0 spiro atoms. The first-order valence-corrected chi connectivity index (χ1v) is 20.5. The van der Waals surface area contributed by atoms with E-state index >= 15 is 0 Å². The van der Waals surface area contributed by atoms with Crippen LogP contribution in [0.1, 0.15) is 68.0 Å². The Morgan fingerprint density at radius 3 is 2.06 bits per heavy atom. The van der Waals surface area contributed by atoms with Gasteiger partial charge in [-0.25, -0.2) is 4.39 Å². The molecule has 4 nitrogen and oxygen atoms in total. The number of para-hydroxylation sites is 1. The van der Waals surface area contributed by atoms with E-state index in [9.17, 15) is 9.18 Å². The van der Waals surface area contributed by atoms with Crippen LogP contribution < -0.4 is 9.64 Å². The molecule has 258 valence electrons. The molecule has 0 aromatic heterocycles. The maximum absolute atomic E-state index is 14.2. The standard InChI is InChI=1S/C44H48FNO3Si/c1-31-17-19-33(20-18-31)35-23-26-38(41(29-35)48-30-32-13-9-7-10-14-32)42-39(43(47)46(42)37-15-11-8-12-16-37)27-28-40(34-21-24-36(45)25-22-34)49-50(5,6)44(2,3)4/h7-26,29,39-40,42H,27-28,30H2,1-6H3/t39-,40+,42-/m1/s1. The lowest BCUT2D eigenvalue weighted by Gasteiger charge is -2.48. The molecule has 1 aliphatic rings. The van der Waals surface area contributed by atoms with Gasteiger partial charge in [-0.2, -0.15) is 0 Å². The van der Waals surface area contributed by atoms with Gasteiger partial charge in [0.15, 0.2) is 8.32 Å². The molecule has 6 heteroatoms. The number of amides is 1. The van der Waals surface area contributed by atoms with Gasteiger partial charge in [-0.3, -0.25) is 4.79 Å². The molecular weight excluding hydrogens is 638 g/mol. The maximum atomic E-state index is 14.2. The molecule has 1 amide bonds. The fourth-order valence-electron chi connectivity index (χ4n) is 6.46. The second-order valence-electron chi connectivity index (χ2n) is 15.0. The fourth-order valence-corrected chi connectivity index (χ4v) is 7.78. The van der Waals surface area contributed by atoms with E-state index in [1.807, 2.05) is 65.6 Å². The van der Waals surface area contributed by atoms with Gasteiger partial charge in [-0.1, -0.05) is 123 Å². The highest BCUT2D eigenvalue weighted by atomic mass is 28.4. The number of ether oxygens (including phenoxy) is 1. The summed E-state index contributed by atoms with van der Waals surface area (Å²) in [5.41, 5.74) is 7.23. The third-order valence-corrected chi connectivity index (χ3v) is 14.9. The number of benzene rings is 5. The predicted molar refractivity (Wildman–Crippen MR) is 204 cm³/mol. The lowest BCUT2D eigenvalue weighted by molar-refractivity contribution is -0.131. The fraction of sp³-hybridized carbons (Fsp3) is 0.295. The summed E-state index contributed by atoms with van der Waals surface area (Å²) < 4.78 is 27.7. The number of hydrogen-bond donors (Lipinski definition) is 0. The average Bonchev–Trinajstić information content (AvgIpc) is 3.10. The number of halogens is 1. The van der Waals surface area contributed by atoms with Crippen molar-refractivity contribution in [3.05, 3.63) is 155 Å². The molecule has 5 aromatic carbocycles. The molecule has 0 unspecified atom stereocenters. The number of anilines is 1. The van der Waals surface area contributed by atoms with Gasteiger partial charge in [0.2, 0.25) is 5.91 Å². The van der Waals surface area contributed by atoms with Crippen molar-refractivity contribution >= 4 is 19.9 Å². The van der Waals surface area contributed by atoms with Crippen molar-refractivity contribution in [3.8, 4) is 16.9 Å². The van der Waals surface area contributed by atoms with Crippen LogP contribution in [0.15, 0.2) is 127 Å². The molecule has 1 fully saturated rings. The van der Waals surface area contributed by atoms with Crippen molar-refractivity contribution in [2.45, 2.75) is 77.4 Å². The smallest absolute Gasteiger partial charge is 0.233 e. The maximum Gasteiger partial charge on any atom is 0.233 e. The minimum atomic E-state index is -2.20. The molecule has 0 radical (unpaired) electrons. The molecule has 0 bridgehead atoms. The Morgan fingerprint density at radius 2 is 1.42 bits per heavy atom. The highest BCUT2D eigenvalue weighted by Crippen LogP contribution is 2.50. The number of β-lactam (4-membered cyclic amide) rings is 1. The third-order valence-electron chi connectivity index (χ3n) is 10.4. The molecule has 6 rings (SSSR count). The van der Waals surface area contributed by atoms with Crippen LogP contribution in [0.2, 0.25) is 18.1 Å². The molecule has 0 saturated carbocycles. The van der Waals surface area contributed by atoms with Crippen LogP contribution in [0.25, 0.3) is 11.1 Å². The van der Waals surface area contributed by atoms with Gasteiger partial charge in [0.05, 0.1) is 18.1 Å². The Balaban J connectivity index is 1.37. The van der Waals surface area contributed by atoms with Gasteiger partial charge in [-0.15, -0.1) is 0 Å². The molecule has 50 heavy (non-hydrogen) atoms. The Hall–Kier alpha value is -4.52. The first-order chi connectivity index (χ1) is 23.9. The van der Waals surface area contributed by atoms with Crippen LogP contribution in [-0.4, -0.2) is 14.2 Å². The number of carbonyl (C=O) groups is 1. The Kier molecular flexibility index (Phi) is 10.4. The van der Waals surface area contributed by atoms with Gasteiger partial charge in [-0.05, 0) is 90.5 Å².